The van der Waals surface area contributed by atoms with E-state index in [-0.39, 0.29) is 0 Å². The van der Waals surface area contributed by atoms with E-state index in [9.17, 15) is 0 Å². The summed E-state index contributed by atoms with van der Waals surface area (Å²) >= 11 is 1.64. The molecule has 0 aliphatic carbocycles. The van der Waals surface area contributed by atoms with Gasteiger partial charge in [-0.25, -0.2) is 4.68 Å². The molecule has 0 saturated heterocycles. The van der Waals surface area contributed by atoms with Crippen molar-refractivity contribution in [1.29, 1.82) is 0 Å². The predicted octanol–water partition coefficient (Wildman–Crippen LogP) is 1.19. The second-order valence-electron chi connectivity index (χ2n) is 4.25. The molecule has 0 radical (unpaired) electrons. The van der Waals surface area contributed by atoms with Crippen LogP contribution in [-0.2, 0) is 11.3 Å². The number of aromatic nitrogens is 4. The van der Waals surface area contributed by atoms with Gasteiger partial charge in [-0.3, -0.25) is 0 Å². The molecule has 0 aliphatic heterocycles. The van der Waals surface area contributed by atoms with Gasteiger partial charge in [0.25, 0.3) is 0 Å². The van der Waals surface area contributed by atoms with E-state index in [1.165, 1.54) is 0 Å². The topological polar surface area (TPSA) is 64.9 Å². The quantitative estimate of drug-likeness (QED) is 0.510. The van der Waals surface area contributed by atoms with Gasteiger partial charge in [0.15, 0.2) is 0 Å². The molecule has 0 unspecified atom stereocenters. The van der Waals surface area contributed by atoms with Crippen molar-refractivity contribution in [2.45, 2.75) is 44.9 Å². The number of ether oxygens (including phenoxy) is 1. The Kier molecular flexibility index (Phi) is 7.95. The minimum atomic E-state index is 0.486. The van der Waals surface area contributed by atoms with Crippen LogP contribution in [0.25, 0.3) is 0 Å². The summed E-state index contributed by atoms with van der Waals surface area (Å²) in [6.45, 7) is 9.60. The SMILES string of the molecule is CCCOCCSc1nnnn1CCNC(C)C. The number of nitrogens with zero attached hydrogens (tertiary/aromatic N) is 4. The summed E-state index contributed by atoms with van der Waals surface area (Å²) in [5.41, 5.74) is 0. The fourth-order valence-corrected chi connectivity index (χ4v) is 2.09. The third kappa shape index (κ3) is 6.32. The Morgan fingerprint density at radius 3 is 2.94 bits per heavy atom. The van der Waals surface area contributed by atoms with Crippen LogP contribution in [0, 0.1) is 0 Å². The van der Waals surface area contributed by atoms with Gasteiger partial charge >= 0.3 is 0 Å². The summed E-state index contributed by atoms with van der Waals surface area (Å²) in [5.74, 6) is 0.887. The van der Waals surface area contributed by atoms with E-state index >= 15 is 0 Å². The van der Waals surface area contributed by atoms with Crippen LogP contribution in [0.4, 0.5) is 0 Å². The van der Waals surface area contributed by atoms with E-state index in [1.54, 1.807) is 11.8 Å². The molecule has 1 aromatic rings. The minimum absolute atomic E-state index is 0.486. The van der Waals surface area contributed by atoms with Gasteiger partial charge in [-0.2, -0.15) is 0 Å². The van der Waals surface area contributed by atoms with Crippen molar-refractivity contribution < 1.29 is 4.74 Å². The van der Waals surface area contributed by atoms with Crippen LogP contribution in [0.1, 0.15) is 27.2 Å². The average Bonchev–Trinajstić information content (AvgIpc) is 2.76. The van der Waals surface area contributed by atoms with E-state index in [4.69, 9.17) is 4.74 Å². The van der Waals surface area contributed by atoms with Crippen molar-refractivity contribution in [3.63, 3.8) is 0 Å². The third-order valence-corrected chi connectivity index (χ3v) is 3.10. The molecule has 0 fully saturated rings. The fraction of sp³-hybridized carbons (Fsp3) is 0.909. The summed E-state index contributed by atoms with van der Waals surface area (Å²) in [5, 5.41) is 15.9. The number of nitrogens with one attached hydrogen (secondary N) is 1. The summed E-state index contributed by atoms with van der Waals surface area (Å²) in [6, 6.07) is 0.486. The highest BCUT2D eigenvalue weighted by Crippen LogP contribution is 2.12. The molecule has 0 saturated carbocycles. The van der Waals surface area contributed by atoms with Gasteiger partial charge in [-0.1, -0.05) is 32.5 Å². The highest BCUT2D eigenvalue weighted by Gasteiger charge is 2.06. The Morgan fingerprint density at radius 1 is 1.39 bits per heavy atom. The van der Waals surface area contributed by atoms with Crippen molar-refractivity contribution in [1.82, 2.24) is 25.5 Å². The summed E-state index contributed by atoms with van der Waals surface area (Å²) < 4.78 is 7.26. The van der Waals surface area contributed by atoms with E-state index in [2.05, 4.69) is 41.6 Å². The van der Waals surface area contributed by atoms with Crippen molar-refractivity contribution in [2.75, 3.05) is 25.5 Å². The van der Waals surface area contributed by atoms with Gasteiger partial charge in [0.05, 0.1) is 13.2 Å². The second kappa shape index (κ2) is 9.29. The Labute approximate surface area is 113 Å². The van der Waals surface area contributed by atoms with Gasteiger partial charge in [0.2, 0.25) is 5.16 Å². The molecule has 7 heteroatoms. The first kappa shape index (κ1) is 15.4. The number of hydrogen-bond acceptors (Lipinski definition) is 6. The first-order chi connectivity index (χ1) is 8.74. The smallest absolute Gasteiger partial charge is 0.209 e. The van der Waals surface area contributed by atoms with Gasteiger partial charge in [0.1, 0.15) is 0 Å². The molecule has 18 heavy (non-hydrogen) atoms. The predicted molar refractivity (Wildman–Crippen MR) is 72.8 cm³/mol. The Bertz CT molecular complexity index is 318. The summed E-state index contributed by atoms with van der Waals surface area (Å²) in [4.78, 5) is 0. The highest BCUT2D eigenvalue weighted by molar-refractivity contribution is 7.99. The molecule has 104 valence electrons. The molecule has 1 rings (SSSR count). The molecular formula is C11H23N5OS. The second-order valence-corrected chi connectivity index (χ2v) is 5.32. The Hall–Kier alpha value is -0.660. The largest absolute Gasteiger partial charge is 0.381 e. The van der Waals surface area contributed by atoms with E-state index in [0.717, 1.165) is 43.6 Å². The molecule has 1 heterocycles. The van der Waals surface area contributed by atoms with Crippen LogP contribution in [-0.4, -0.2) is 51.8 Å². The van der Waals surface area contributed by atoms with Crippen LogP contribution in [0.3, 0.4) is 0 Å². The van der Waals surface area contributed by atoms with Gasteiger partial charge in [-0.05, 0) is 16.8 Å². The first-order valence-corrected chi connectivity index (χ1v) is 7.42. The van der Waals surface area contributed by atoms with Crippen molar-refractivity contribution in [3.05, 3.63) is 0 Å². The van der Waals surface area contributed by atoms with E-state index in [1.807, 2.05) is 4.68 Å². The first-order valence-electron chi connectivity index (χ1n) is 6.44. The monoisotopic (exact) mass is 273 g/mol. The maximum atomic E-state index is 5.42. The number of hydrogen-bond donors (Lipinski definition) is 1. The van der Waals surface area contributed by atoms with Crippen molar-refractivity contribution >= 4 is 11.8 Å². The minimum Gasteiger partial charge on any atom is -0.381 e. The lowest BCUT2D eigenvalue weighted by molar-refractivity contribution is 0.151. The van der Waals surface area contributed by atoms with Gasteiger partial charge in [0, 0.05) is 24.9 Å². The molecular weight excluding hydrogens is 250 g/mol. The molecule has 0 aromatic carbocycles. The van der Waals surface area contributed by atoms with Crippen LogP contribution in [0.5, 0.6) is 0 Å². The van der Waals surface area contributed by atoms with Crippen molar-refractivity contribution in [3.8, 4) is 0 Å². The molecule has 0 amide bonds. The Balaban J connectivity index is 2.22. The van der Waals surface area contributed by atoms with Crippen LogP contribution < -0.4 is 5.32 Å². The molecule has 0 atom stereocenters. The standard InChI is InChI=1S/C11H23N5OS/c1-4-7-17-8-9-18-11-13-14-15-16(11)6-5-12-10(2)3/h10,12H,4-9H2,1-3H3. The van der Waals surface area contributed by atoms with Crippen LogP contribution >= 0.6 is 11.8 Å². The van der Waals surface area contributed by atoms with Crippen LogP contribution in [0.15, 0.2) is 5.16 Å². The summed E-state index contributed by atoms with van der Waals surface area (Å²) in [6.07, 6.45) is 1.06. The lowest BCUT2D eigenvalue weighted by Crippen LogP contribution is -2.27. The molecule has 0 spiro atoms. The molecule has 0 bridgehead atoms. The average molecular weight is 273 g/mol. The Morgan fingerprint density at radius 2 is 2.22 bits per heavy atom. The molecule has 1 aromatic heterocycles. The lowest BCUT2D eigenvalue weighted by Gasteiger charge is -2.08. The maximum absolute atomic E-state index is 5.42. The maximum Gasteiger partial charge on any atom is 0.209 e. The van der Waals surface area contributed by atoms with E-state index in [0.29, 0.717) is 6.04 Å². The number of thioether (sulfide) groups is 1. The van der Waals surface area contributed by atoms with E-state index < -0.39 is 0 Å². The zero-order chi connectivity index (χ0) is 13.2. The zero-order valence-electron chi connectivity index (χ0n) is 11.4. The number of rotatable bonds is 10. The van der Waals surface area contributed by atoms with Crippen LogP contribution in [0.2, 0.25) is 0 Å². The molecule has 0 aliphatic rings. The highest BCUT2D eigenvalue weighted by atomic mass is 32.2. The molecule has 1 N–H and O–H groups in total. The van der Waals surface area contributed by atoms with Crippen molar-refractivity contribution in [2.24, 2.45) is 0 Å². The van der Waals surface area contributed by atoms with Gasteiger partial charge < -0.3 is 10.1 Å². The number of tetrazole rings is 1. The zero-order valence-corrected chi connectivity index (χ0v) is 12.2. The lowest BCUT2D eigenvalue weighted by atomic mass is 10.4. The summed E-state index contributed by atoms with van der Waals surface area (Å²) in [7, 11) is 0. The molecule has 6 nitrogen and oxygen atoms in total. The van der Waals surface area contributed by atoms with Gasteiger partial charge in [-0.15, -0.1) is 5.10 Å². The third-order valence-electron chi connectivity index (χ3n) is 2.18. The fourth-order valence-electron chi connectivity index (χ4n) is 1.34. The normalized spacial score (nSPS) is 11.3.